The van der Waals surface area contributed by atoms with Crippen LogP contribution in [0.5, 0.6) is 0 Å². The zero-order valence-electron chi connectivity index (χ0n) is 12.1. The van der Waals surface area contributed by atoms with E-state index in [9.17, 15) is 17.2 Å². The fourth-order valence-corrected chi connectivity index (χ4v) is 2.93. The number of hydrogen-bond acceptors (Lipinski definition) is 3. The molecule has 8 heteroatoms. The summed E-state index contributed by atoms with van der Waals surface area (Å²) in [4.78, 5) is 3.91. The molecule has 0 aliphatic rings. The average Bonchev–Trinajstić information content (AvgIpc) is 2.46. The fraction of sp³-hybridized carbons (Fsp3) is 0.214. The molecule has 1 aromatic carbocycles. The van der Waals surface area contributed by atoms with E-state index in [1.165, 1.54) is 20.3 Å². The summed E-state index contributed by atoms with van der Waals surface area (Å²) in [5.41, 5.74) is 0.357. The van der Waals surface area contributed by atoms with Gasteiger partial charge < -0.3 is 0 Å². The van der Waals surface area contributed by atoms with Crippen LogP contribution in [0.15, 0.2) is 42.7 Å². The molecule has 0 fully saturated rings. The van der Waals surface area contributed by atoms with E-state index in [1.54, 1.807) is 18.3 Å². The molecule has 0 radical (unpaired) electrons. The normalized spacial score (nSPS) is 11.7. The van der Waals surface area contributed by atoms with Crippen molar-refractivity contribution in [1.82, 2.24) is 9.29 Å². The van der Waals surface area contributed by atoms with Crippen LogP contribution in [0, 0.1) is 11.6 Å². The zero-order chi connectivity index (χ0) is 16.3. The summed E-state index contributed by atoms with van der Waals surface area (Å²) in [5, 5.41) is 0. The van der Waals surface area contributed by atoms with Crippen molar-refractivity contribution >= 4 is 15.9 Å². The van der Waals surface area contributed by atoms with Gasteiger partial charge in [0.25, 0.3) is 0 Å². The Morgan fingerprint density at radius 2 is 1.91 bits per heavy atom. The number of nitrogens with zero attached hydrogens (tertiary/aromatic N) is 3. The molecule has 0 unspecified atom stereocenters. The second kappa shape index (κ2) is 6.37. The van der Waals surface area contributed by atoms with Crippen molar-refractivity contribution in [3.8, 4) is 0 Å². The van der Waals surface area contributed by atoms with Crippen LogP contribution in [0.3, 0.4) is 0 Å². The van der Waals surface area contributed by atoms with Crippen molar-refractivity contribution in [2.24, 2.45) is 0 Å². The molecule has 0 saturated heterocycles. The van der Waals surface area contributed by atoms with E-state index < -0.39 is 21.8 Å². The molecule has 1 aromatic heterocycles. The van der Waals surface area contributed by atoms with Crippen LogP contribution in [0.25, 0.3) is 0 Å². The smallest absolute Gasteiger partial charge is 0.264 e. The van der Waals surface area contributed by atoms with Crippen LogP contribution in [0.4, 0.5) is 14.5 Å². The van der Waals surface area contributed by atoms with Crippen molar-refractivity contribution in [2.75, 3.05) is 18.4 Å². The van der Waals surface area contributed by atoms with E-state index in [-0.39, 0.29) is 12.2 Å². The van der Waals surface area contributed by atoms with Gasteiger partial charge in [0.05, 0.1) is 12.2 Å². The minimum absolute atomic E-state index is 0.114. The Bertz CT molecular complexity index is 752. The van der Waals surface area contributed by atoms with E-state index in [0.717, 1.165) is 20.7 Å². The SMILES string of the molecule is CN(C)S(=O)(=O)N(Cc1cccnc1)c1ccc(F)cc1F. The summed E-state index contributed by atoms with van der Waals surface area (Å²) in [6.45, 7) is -0.114. The quantitative estimate of drug-likeness (QED) is 0.846. The molecule has 0 spiro atoms. The maximum atomic E-state index is 14.0. The molecule has 0 saturated carbocycles. The number of anilines is 1. The Labute approximate surface area is 128 Å². The van der Waals surface area contributed by atoms with E-state index >= 15 is 0 Å². The number of pyridine rings is 1. The highest BCUT2D eigenvalue weighted by Gasteiger charge is 2.27. The maximum absolute atomic E-state index is 14.0. The molecule has 0 atom stereocenters. The summed E-state index contributed by atoms with van der Waals surface area (Å²) in [6, 6.07) is 6.09. The molecule has 2 rings (SSSR count). The topological polar surface area (TPSA) is 53.5 Å². The molecule has 0 N–H and O–H groups in total. The third kappa shape index (κ3) is 3.40. The standard InChI is InChI=1S/C14H15F2N3O2S/c1-18(2)22(20,21)19(10-11-4-3-7-17-9-11)14-6-5-12(15)8-13(14)16/h3-9H,10H2,1-2H3. The lowest BCUT2D eigenvalue weighted by Crippen LogP contribution is -2.40. The largest absolute Gasteiger partial charge is 0.303 e. The van der Waals surface area contributed by atoms with Crippen LogP contribution < -0.4 is 4.31 Å². The van der Waals surface area contributed by atoms with Gasteiger partial charge in [0.15, 0.2) is 0 Å². The second-order valence-electron chi connectivity index (χ2n) is 4.75. The van der Waals surface area contributed by atoms with Crippen molar-refractivity contribution in [3.63, 3.8) is 0 Å². The van der Waals surface area contributed by atoms with Gasteiger partial charge in [-0.1, -0.05) is 6.07 Å². The van der Waals surface area contributed by atoms with Crippen LogP contribution in [-0.2, 0) is 16.8 Å². The predicted molar refractivity (Wildman–Crippen MR) is 79.4 cm³/mol. The number of halogens is 2. The Hall–Kier alpha value is -2.06. The molecule has 2 aromatic rings. The third-order valence-corrected chi connectivity index (χ3v) is 4.77. The molecule has 0 amide bonds. The Kier molecular flexibility index (Phi) is 4.72. The van der Waals surface area contributed by atoms with E-state index in [4.69, 9.17) is 0 Å². The third-order valence-electron chi connectivity index (χ3n) is 2.97. The van der Waals surface area contributed by atoms with Crippen molar-refractivity contribution in [1.29, 1.82) is 0 Å². The van der Waals surface area contributed by atoms with Crippen LogP contribution in [0.1, 0.15) is 5.56 Å². The van der Waals surface area contributed by atoms with Crippen molar-refractivity contribution in [2.45, 2.75) is 6.54 Å². The maximum Gasteiger partial charge on any atom is 0.303 e. The number of hydrogen-bond donors (Lipinski definition) is 0. The Morgan fingerprint density at radius 1 is 1.18 bits per heavy atom. The highest BCUT2D eigenvalue weighted by atomic mass is 32.2. The van der Waals surface area contributed by atoms with Gasteiger partial charge in [-0.15, -0.1) is 0 Å². The van der Waals surface area contributed by atoms with Gasteiger partial charge in [0.2, 0.25) is 0 Å². The van der Waals surface area contributed by atoms with Crippen LogP contribution >= 0.6 is 0 Å². The van der Waals surface area contributed by atoms with Gasteiger partial charge in [-0.25, -0.2) is 8.78 Å². The first-order valence-electron chi connectivity index (χ1n) is 6.36. The molecule has 22 heavy (non-hydrogen) atoms. The average molecular weight is 327 g/mol. The lowest BCUT2D eigenvalue weighted by molar-refractivity contribution is 0.512. The van der Waals surface area contributed by atoms with Gasteiger partial charge >= 0.3 is 10.2 Å². The highest BCUT2D eigenvalue weighted by molar-refractivity contribution is 7.90. The lowest BCUT2D eigenvalue weighted by atomic mass is 10.2. The fourth-order valence-electron chi connectivity index (χ4n) is 1.83. The van der Waals surface area contributed by atoms with E-state index in [0.29, 0.717) is 11.6 Å². The lowest BCUT2D eigenvalue weighted by Gasteiger charge is -2.27. The van der Waals surface area contributed by atoms with E-state index in [2.05, 4.69) is 4.98 Å². The number of benzene rings is 1. The molecule has 5 nitrogen and oxygen atoms in total. The number of aromatic nitrogens is 1. The zero-order valence-corrected chi connectivity index (χ0v) is 12.9. The predicted octanol–water partition coefficient (Wildman–Crippen LogP) is 2.17. The first-order chi connectivity index (χ1) is 10.3. The van der Waals surface area contributed by atoms with Crippen molar-refractivity contribution < 1.29 is 17.2 Å². The molecule has 0 bridgehead atoms. The van der Waals surface area contributed by atoms with E-state index in [1.807, 2.05) is 0 Å². The molecule has 1 heterocycles. The van der Waals surface area contributed by atoms with Gasteiger partial charge in [-0.2, -0.15) is 12.7 Å². The summed E-state index contributed by atoms with van der Waals surface area (Å²) >= 11 is 0. The van der Waals surface area contributed by atoms with Gasteiger partial charge in [0.1, 0.15) is 11.6 Å². The number of rotatable bonds is 5. The molecule has 0 aliphatic carbocycles. The summed E-state index contributed by atoms with van der Waals surface area (Å²) in [7, 11) is -1.27. The molecule has 0 aliphatic heterocycles. The molecule has 118 valence electrons. The van der Waals surface area contributed by atoms with Gasteiger partial charge in [-0.3, -0.25) is 9.29 Å². The molecular formula is C14H15F2N3O2S. The first kappa shape index (κ1) is 16.3. The molecular weight excluding hydrogens is 312 g/mol. The summed E-state index contributed by atoms with van der Waals surface area (Å²) < 4.78 is 53.8. The first-order valence-corrected chi connectivity index (χ1v) is 7.76. The van der Waals surface area contributed by atoms with Crippen LogP contribution in [-0.4, -0.2) is 31.8 Å². The van der Waals surface area contributed by atoms with Crippen LogP contribution in [0.2, 0.25) is 0 Å². The minimum Gasteiger partial charge on any atom is -0.264 e. The van der Waals surface area contributed by atoms with Gasteiger partial charge in [-0.05, 0) is 23.8 Å². The van der Waals surface area contributed by atoms with Crippen molar-refractivity contribution in [3.05, 3.63) is 59.9 Å². The monoisotopic (exact) mass is 327 g/mol. The minimum atomic E-state index is -3.95. The summed E-state index contributed by atoms with van der Waals surface area (Å²) in [5.74, 6) is -1.72. The summed E-state index contributed by atoms with van der Waals surface area (Å²) in [6.07, 6.45) is 3.03. The Balaban J connectivity index is 2.51. The Morgan fingerprint density at radius 3 is 2.45 bits per heavy atom. The van der Waals surface area contributed by atoms with Gasteiger partial charge in [0, 0.05) is 32.6 Å². The highest BCUT2D eigenvalue weighted by Crippen LogP contribution is 2.25. The second-order valence-corrected chi connectivity index (χ2v) is 6.82.